The van der Waals surface area contributed by atoms with Gasteiger partial charge in [0.15, 0.2) is 0 Å². The highest BCUT2D eigenvalue weighted by molar-refractivity contribution is 5.74. The minimum Gasteiger partial charge on any atom is -0.338 e. The van der Waals surface area contributed by atoms with E-state index < -0.39 is 0 Å². The molecule has 0 aromatic rings. The van der Waals surface area contributed by atoms with Crippen molar-refractivity contribution in [3.05, 3.63) is 12.7 Å². The predicted molar refractivity (Wildman–Crippen MR) is 58.2 cm³/mol. The zero-order valence-corrected chi connectivity index (χ0v) is 8.72. The third-order valence-corrected chi connectivity index (χ3v) is 2.57. The molecule has 0 aromatic carbocycles. The van der Waals surface area contributed by atoms with Gasteiger partial charge in [0.2, 0.25) is 0 Å². The lowest BCUT2D eigenvalue weighted by Gasteiger charge is -2.22. The molecule has 1 fully saturated rings. The van der Waals surface area contributed by atoms with E-state index in [1.54, 1.807) is 6.08 Å². The molecule has 0 unspecified atom stereocenters. The van der Waals surface area contributed by atoms with Gasteiger partial charge in [0, 0.05) is 12.6 Å². The Morgan fingerprint density at radius 2 is 2.07 bits per heavy atom. The van der Waals surface area contributed by atoms with Crippen LogP contribution < -0.4 is 10.6 Å². The molecular weight excluding hydrogens is 176 g/mol. The summed E-state index contributed by atoms with van der Waals surface area (Å²) in [6.07, 6.45) is 8.72. The molecule has 0 heterocycles. The van der Waals surface area contributed by atoms with Gasteiger partial charge in [0.1, 0.15) is 0 Å². The Morgan fingerprint density at radius 3 is 2.71 bits per heavy atom. The van der Waals surface area contributed by atoms with Gasteiger partial charge in [-0.3, -0.25) is 0 Å². The fourth-order valence-electron chi connectivity index (χ4n) is 1.77. The molecule has 3 nitrogen and oxygen atoms in total. The van der Waals surface area contributed by atoms with Crippen molar-refractivity contribution in [2.75, 3.05) is 6.54 Å². The van der Waals surface area contributed by atoms with Gasteiger partial charge in [0.05, 0.1) is 0 Å². The van der Waals surface area contributed by atoms with Gasteiger partial charge in [-0.2, -0.15) is 0 Å². The number of hydrogen-bond donors (Lipinski definition) is 2. The topological polar surface area (TPSA) is 41.1 Å². The van der Waals surface area contributed by atoms with E-state index in [0.717, 1.165) is 19.3 Å². The zero-order chi connectivity index (χ0) is 10.2. The van der Waals surface area contributed by atoms with Crippen molar-refractivity contribution >= 4 is 6.03 Å². The Hall–Kier alpha value is -0.990. The lowest BCUT2D eigenvalue weighted by molar-refractivity contribution is 0.233. The maximum atomic E-state index is 11.3. The summed E-state index contributed by atoms with van der Waals surface area (Å²) in [5, 5.41) is 5.80. The van der Waals surface area contributed by atoms with Crippen LogP contribution in [0.3, 0.4) is 0 Å². The Kier molecular flexibility index (Phi) is 5.12. The highest BCUT2D eigenvalue weighted by atomic mass is 16.2. The standard InChI is InChI=1S/C11H20N2O/c1-2-3-9-12-11(14)13-10-7-5-4-6-8-10/h2,10H,1,3-9H2,(H2,12,13,14). The van der Waals surface area contributed by atoms with Crippen LogP contribution in [-0.4, -0.2) is 18.6 Å². The summed E-state index contributed by atoms with van der Waals surface area (Å²) < 4.78 is 0. The maximum Gasteiger partial charge on any atom is 0.315 e. The maximum absolute atomic E-state index is 11.3. The van der Waals surface area contributed by atoms with Gasteiger partial charge in [0.25, 0.3) is 0 Å². The number of hydrogen-bond acceptors (Lipinski definition) is 1. The summed E-state index contributed by atoms with van der Waals surface area (Å²) in [6, 6.07) is 0.367. The van der Waals surface area contributed by atoms with Crippen LogP contribution >= 0.6 is 0 Å². The highest BCUT2D eigenvalue weighted by Gasteiger charge is 2.14. The average Bonchev–Trinajstić information content (AvgIpc) is 2.20. The van der Waals surface area contributed by atoms with Crippen LogP contribution in [0.25, 0.3) is 0 Å². The van der Waals surface area contributed by atoms with Crippen molar-refractivity contribution in [2.24, 2.45) is 0 Å². The van der Waals surface area contributed by atoms with E-state index in [-0.39, 0.29) is 6.03 Å². The second kappa shape index (κ2) is 6.46. The Labute approximate surface area is 86.0 Å². The largest absolute Gasteiger partial charge is 0.338 e. The Bertz CT molecular complexity index is 186. The molecule has 0 atom stereocenters. The molecule has 0 radical (unpaired) electrons. The van der Waals surface area contributed by atoms with Crippen LogP contribution in [0.15, 0.2) is 12.7 Å². The third kappa shape index (κ3) is 4.30. The van der Waals surface area contributed by atoms with E-state index in [1.165, 1.54) is 19.3 Å². The molecule has 0 aliphatic heterocycles. The van der Waals surface area contributed by atoms with Crippen LogP contribution in [-0.2, 0) is 0 Å². The molecule has 0 spiro atoms. The summed E-state index contributed by atoms with van der Waals surface area (Å²) in [5.41, 5.74) is 0. The molecule has 1 aliphatic rings. The zero-order valence-electron chi connectivity index (χ0n) is 8.72. The van der Waals surface area contributed by atoms with Gasteiger partial charge in [-0.1, -0.05) is 25.3 Å². The SMILES string of the molecule is C=CCCNC(=O)NC1CCCCC1. The number of nitrogens with one attached hydrogen (secondary N) is 2. The van der Waals surface area contributed by atoms with Crippen molar-refractivity contribution < 1.29 is 4.79 Å². The summed E-state index contributed by atoms with van der Waals surface area (Å²) in [6.45, 7) is 4.28. The summed E-state index contributed by atoms with van der Waals surface area (Å²) >= 11 is 0. The first-order valence-corrected chi connectivity index (χ1v) is 5.48. The van der Waals surface area contributed by atoms with Crippen molar-refractivity contribution in [3.63, 3.8) is 0 Å². The molecule has 0 saturated heterocycles. The van der Waals surface area contributed by atoms with Crippen LogP contribution in [0.2, 0.25) is 0 Å². The monoisotopic (exact) mass is 196 g/mol. The first-order chi connectivity index (χ1) is 6.83. The van der Waals surface area contributed by atoms with Crippen LogP contribution in [0.1, 0.15) is 38.5 Å². The van der Waals surface area contributed by atoms with E-state index in [0.29, 0.717) is 12.6 Å². The number of carbonyl (C=O) groups excluding carboxylic acids is 1. The molecule has 0 bridgehead atoms. The lowest BCUT2D eigenvalue weighted by atomic mass is 9.96. The normalized spacial score (nSPS) is 17.4. The minimum absolute atomic E-state index is 0.0289. The molecule has 2 N–H and O–H groups in total. The number of rotatable bonds is 4. The fraction of sp³-hybridized carbons (Fsp3) is 0.727. The van der Waals surface area contributed by atoms with Crippen LogP contribution in [0, 0.1) is 0 Å². The number of amides is 2. The lowest BCUT2D eigenvalue weighted by Crippen LogP contribution is -2.43. The molecule has 80 valence electrons. The second-order valence-electron chi connectivity index (χ2n) is 3.81. The first kappa shape index (κ1) is 11.1. The quantitative estimate of drug-likeness (QED) is 0.525. The van der Waals surface area contributed by atoms with Gasteiger partial charge >= 0.3 is 6.03 Å². The number of carbonyl (C=O) groups is 1. The molecule has 1 aliphatic carbocycles. The summed E-state index contributed by atoms with van der Waals surface area (Å²) in [7, 11) is 0. The van der Waals surface area contributed by atoms with E-state index in [4.69, 9.17) is 0 Å². The predicted octanol–water partition coefficient (Wildman–Crippen LogP) is 2.19. The molecule has 14 heavy (non-hydrogen) atoms. The third-order valence-electron chi connectivity index (χ3n) is 2.57. The van der Waals surface area contributed by atoms with E-state index >= 15 is 0 Å². The van der Waals surface area contributed by atoms with E-state index in [2.05, 4.69) is 17.2 Å². The Balaban J connectivity index is 2.09. The highest BCUT2D eigenvalue weighted by Crippen LogP contribution is 2.16. The van der Waals surface area contributed by atoms with Crippen molar-refractivity contribution in [2.45, 2.75) is 44.6 Å². The molecule has 2 amide bonds. The van der Waals surface area contributed by atoms with Crippen LogP contribution in [0.4, 0.5) is 4.79 Å². The molecular formula is C11H20N2O. The van der Waals surface area contributed by atoms with Crippen molar-refractivity contribution in [1.29, 1.82) is 0 Å². The van der Waals surface area contributed by atoms with Gasteiger partial charge in [-0.25, -0.2) is 4.79 Å². The van der Waals surface area contributed by atoms with E-state index in [9.17, 15) is 4.79 Å². The molecule has 0 aromatic heterocycles. The minimum atomic E-state index is -0.0289. The molecule has 1 saturated carbocycles. The summed E-state index contributed by atoms with van der Waals surface area (Å²) in [4.78, 5) is 11.3. The van der Waals surface area contributed by atoms with Gasteiger partial charge in [-0.05, 0) is 19.3 Å². The fourth-order valence-corrected chi connectivity index (χ4v) is 1.77. The van der Waals surface area contributed by atoms with Crippen molar-refractivity contribution in [1.82, 2.24) is 10.6 Å². The smallest absolute Gasteiger partial charge is 0.315 e. The Morgan fingerprint density at radius 1 is 1.36 bits per heavy atom. The molecule has 3 heteroatoms. The second-order valence-corrected chi connectivity index (χ2v) is 3.81. The molecule has 1 rings (SSSR count). The van der Waals surface area contributed by atoms with Gasteiger partial charge < -0.3 is 10.6 Å². The average molecular weight is 196 g/mol. The first-order valence-electron chi connectivity index (χ1n) is 5.48. The van der Waals surface area contributed by atoms with E-state index in [1.807, 2.05) is 0 Å². The number of urea groups is 1. The van der Waals surface area contributed by atoms with Crippen molar-refractivity contribution in [3.8, 4) is 0 Å². The van der Waals surface area contributed by atoms with Gasteiger partial charge in [-0.15, -0.1) is 6.58 Å². The van der Waals surface area contributed by atoms with Crippen LogP contribution in [0.5, 0.6) is 0 Å². The summed E-state index contributed by atoms with van der Waals surface area (Å²) in [5.74, 6) is 0.